The van der Waals surface area contributed by atoms with Gasteiger partial charge < -0.3 is 5.32 Å². The van der Waals surface area contributed by atoms with Gasteiger partial charge >= 0.3 is 0 Å². The van der Waals surface area contributed by atoms with Crippen LogP contribution in [0.4, 0.5) is 5.69 Å². The maximum absolute atomic E-state index is 11.7. The third kappa shape index (κ3) is 5.51. The summed E-state index contributed by atoms with van der Waals surface area (Å²) < 4.78 is 22.5. The molecule has 0 spiro atoms. The van der Waals surface area contributed by atoms with Crippen LogP contribution in [0.3, 0.4) is 0 Å². The number of aryl methyl sites for hydroxylation is 1. The van der Waals surface area contributed by atoms with E-state index in [0.717, 1.165) is 25.7 Å². The fourth-order valence-electron chi connectivity index (χ4n) is 1.94. The van der Waals surface area contributed by atoms with Gasteiger partial charge in [-0.15, -0.1) is 0 Å². The van der Waals surface area contributed by atoms with Crippen LogP contribution < -0.4 is 5.32 Å². The second-order valence-corrected chi connectivity index (χ2v) is 7.31. The van der Waals surface area contributed by atoms with Crippen molar-refractivity contribution in [2.24, 2.45) is 0 Å². The van der Waals surface area contributed by atoms with Gasteiger partial charge in [0.15, 0.2) is 0 Å². The van der Waals surface area contributed by atoms with Crippen molar-refractivity contribution >= 4 is 31.3 Å². The van der Waals surface area contributed by atoms with Gasteiger partial charge in [0.1, 0.15) is 0 Å². The van der Waals surface area contributed by atoms with E-state index in [2.05, 4.69) is 12.2 Å². The van der Waals surface area contributed by atoms with Crippen LogP contribution in [0.2, 0.25) is 0 Å². The van der Waals surface area contributed by atoms with Gasteiger partial charge in [-0.25, -0.2) is 8.42 Å². The van der Waals surface area contributed by atoms with Crippen LogP contribution in [0.25, 0.3) is 0 Å². The average Bonchev–Trinajstić information content (AvgIpc) is 2.33. The van der Waals surface area contributed by atoms with Crippen molar-refractivity contribution in [3.8, 4) is 0 Å². The molecule has 0 aliphatic rings. The number of unbranched alkanes of at least 4 members (excludes halogenated alkanes) is 3. The first kappa shape index (κ1) is 17.0. The molecule has 0 atom stereocenters. The number of amides is 1. The van der Waals surface area contributed by atoms with Crippen LogP contribution in [-0.4, -0.2) is 14.3 Å². The number of nitrogens with one attached hydrogen (secondary N) is 1. The largest absolute Gasteiger partial charge is 0.326 e. The van der Waals surface area contributed by atoms with Gasteiger partial charge in [-0.3, -0.25) is 4.79 Å². The molecule has 1 aromatic rings. The first-order valence-electron chi connectivity index (χ1n) is 6.69. The third-order valence-electron chi connectivity index (χ3n) is 2.98. The molecule has 0 bridgehead atoms. The van der Waals surface area contributed by atoms with Crippen LogP contribution >= 0.6 is 10.7 Å². The summed E-state index contributed by atoms with van der Waals surface area (Å²) in [7, 11) is 1.57. The van der Waals surface area contributed by atoms with Crippen LogP contribution in [0.1, 0.15) is 44.6 Å². The normalized spacial score (nSPS) is 11.3. The van der Waals surface area contributed by atoms with Crippen molar-refractivity contribution in [2.75, 3.05) is 5.32 Å². The smallest absolute Gasteiger partial charge is 0.261 e. The highest BCUT2D eigenvalue weighted by molar-refractivity contribution is 8.13. The van der Waals surface area contributed by atoms with Gasteiger partial charge in [-0.1, -0.05) is 26.2 Å². The molecule has 1 N–H and O–H groups in total. The molecular weight excluding hydrogens is 298 g/mol. The molecule has 0 aliphatic heterocycles. The Balaban J connectivity index is 2.61. The predicted octanol–water partition coefficient (Wildman–Crippen LogP) is 3.83. The number of benzene rings is 1. The number of hydrogen-bond acceptors (Lipinski definition) is 3. The van der Waals surface area contributed by atoms with Gasteiger partial charge in [0.05, 0.1) is 4.90 Å². The van der Waals surface area contributed by atoms with E-state index in [9.17, 15) is 13.2 Å². The molecule has 112 valence electrons. The Morgan fingerprint density at radius 3 is 2.50 bits per heavy atom. The van der Waals surface area contributed by atoms with E-state index in [-0.39, 0.29) is 10.8 Å². The molecule has 1 amide bonds. The van der Waals surface area contributed by atoms with Crippen molar-refractivity contribution < 1.29 is 13.2 Å². The summed E-state index contributed by atoms with van der Waals surface area (Å²) in [6, 6.07) is 4.57. The van der Waals surface area contributed by atoms with Gasteiger partial charge in [0.25, 0.3) is 9.05 Å². The van der Waals surface area contributed by atoms with Crippen molar-refractivity contribution in [1.82, 2.24) is 0 Å². The summed E-state index contributed by atoms with van der Waals surface area (Å²) in [5.41, 5.74) is 1.11. The van der Waals surface area contributed by atoms with Gasteiger partial charge in [0, 0.05) is 22.8 Å². The Kier molecular flexibility index (Phi) is 6.49. The van der Waals surface area contributed by atoms with E-state index in [1.807, 2.05) is 0 Å². The first-order chi connectivity index (χ1) is 9.34. The highest BCUT2D eigenvalue weighted by atomic mass is 35.7. The SMILES string of the molecule is CCCCCCC(=O)Nc1ccc(S(=O)(=O)Cl)c(C)c1. The second-order valence-electron chi connectivity index (χ2n) is 4.78. The predicted molar refractivity (Wildman–Crippen MR) is 81.6 cm³/mol. The molecule has 1 aromatic carbocycles. The van der Waals surface area contributed by atoms with E-state index in [4.69, 9.17) is 10.7 Å². The molecular formula is C14H20ClNO3S. The molecule has 1 rings (SSSR count). The number of hydrogen-bond donors (Lipinski definition) is 1. The minimum Gasteiger partial charge on any atom is -0.326 e. The molecule has 6 heteroatoms. The van der Waals surface area contributed by atoms with Gasteiger partial charge in [-0.05, 0) is 37.1 Å². The highest BCUT2D eigenvalue weighted by Crippen LogP contribution is 2.22. The Bertz CT molecular complexity index is 570. The maximum Gasteiger partial charge on any atom is 0.261 e. The van der Waals surface area contributed by atoms with Crippen LogP contribution in [0.5, 0.6) is 0 Å². The number of halogens is 1. The molecule has 0 saturated carbocycles. The van der Waals surface area contributed by atoms with E-state index in [1.165, 1.54) is 6.07 Å². The van der Waals surface area contributed by atoms with E-state index in [1.54, 1.807) is 19.1 Å². The topological polar surface area (TPSA) is 63.2 Å². The molecule has 4 nitrogen and oxygen atoms in total. The quantitative estimate of drug-likeness (QED) is 0.614. The Labute approximate surface area is 124 Å². The van der Waals surface area contributed by atoms with Crippen LogP contribution in [0, 0.1) is 6.92 Å². The molecule has 0 unspecified atom stereocenters. The summed E-state index contributed by atoms with van der Waals surface area (Å²) >= 11 is 0. The lowest BCUT2D eigenvalue weighted by atomic mass is 10.1. The number of carbonyl (C=O) groups excluding carboxylic acids is 1. The zero-order chi connectivity index (χ0) is 15.2. The summed E-state index contributed by atoms with van der Waals surface area (Å²) in [6.45, 7) is 3.77. The molecule has 0 saturated heterocycles. The zero-order valence-corrected chi connectivity index (χ0v) is 13.4. The summed E-state index contributed by atoms with van der Waals surface area (Å²) in [4.78, 5) is 11.8. The van der Waals surface area contributed by atoms with Crippen molar-refractivity contribution in [3.63, 3.8) is 0 Å². The fraction of sp³-hybridized carbons (Fsp3) is 0.500. The zero-order valence-electron chi connectivity index (χ0n) is 11.8. The second kappa shape index (κ2) is 7.64. The average molecular weight is 318 g/mol. The van der Waals surface area contributed by atoms with Gasteiger partial charge in [-0.2, -0.15) is 0 Å². The van der Waals surface area contributed by atoms with Crippen molar-refractivity contribution in [1.29, 1.82) is 0 Å². The van der Waals surface area contributed by atoms with E-state index < -0.39 is 9.05 Å². The Hall–Kier alpha value is -1.07. The van der Waals surface area contributed by atoms with E-state index in [0.29, 0.717) is 17.7 Å². The number of rotatable bonds is 7. The standard InChI is InChI=1S/C14H20ClNO3S/c1-3-4-5-6-7-14(17)16-12-8-9-13(11(2)10-12)20(15,18)19/h8-10H,3-7H2,1-2H3,(H,16,17). The Morgan fingerprint density at radius 1 is 1.25 bits per heavy atom. The fourth-order valence-corrected chi connectivity index (χ4v) is 3.13. The van der Waals surface area contributed by atoms with Gasteiger partial charge in [0.2, 0.25) is 5.91 Å². The lowest BCUT2D eigenvalue weighted by Gasteiger charge is -2.08. The minimum atomic E-state index is -3.74. The molecule has 0 radical (unpaired) electrons. The van der Waals surface area contributed by atoms with E-state index >= 15 is 0 Å². The third-order valence-corrected chi connectivity index (χ3v) is 4.46. The lowest BCUT2D eigenvalue weighted by molar-refractivity contribution is -0.116. The molecule has 0 aromatic heterocycles. The van der Waals surface area contributed by atoms with Crippen LogP contribution in [0.15, 0.2) is 23.1 Å². The van der Waals surface area contributed by atoms with Crippen LogP contribution in [-0.2, 0) is 13.8 Å². The first-order valence-corrected chi connectivity index (χ1v) is 9.00. The van der Waals surface area contributed by atoms with Crippen molar-refractivity contribution in [2.45, 2.75) is 50.8 Å². The molecule has 0 heterocycles. The summed E-state index contributed by atoms with van der Waals surface area (Å²) in [5, 5.41) is 2.76. The molecule has 0 fully saturated rings. The monoisotopic (exact) mass is 317 g/mol. The lowest BCUT2D eigenvalue weighted by Crippen LogP contribution is -2.11. The number of carbonyl (C=O) groups is 1. The highest BCUT2D eigenvalue weighted by Gasteiger charge is 2.13. The number of anilines is 1. The minimum absolute atomic E-state index is 0.0537. The summed E-state index contributed by atoms with van der Waals surface area (Å²) in [5.74, 6) is -0.0537. The summed E-state index contributed by atoms with van der Waals surface area (Å²) in [6.07, 6.45) is 4.66. The van der Waals surface area contributed by atoms with Crippen molar-refractivity contribution in [3.05, 3.63) is 23.8 Å². The molecule has 20 heavy (non-hydrogen) atoms. The molecule has 0 aliphatic carbocycles. The Morgan fingerprint density at radius 2 is 1.95 bits per heavy atom. The maximum atomic E-state index is 11.7.